The van der Waals surface area contributed by atoms with E-state index in [1.165, 1.54) is 0 Å². The SMILES string of the molecule is CCCS(=O)(=O)CC(=O)Nc1ccc(CCC(=O)O)cc1. The molecule has 0 radical (unpaired) electrons. The molecule has 2 N–H and O–H groups in total. The lowest BCUT2D eigenvalue weighted by Gasteiger charge is -2.07. The molecule has 0 aromatic heterocycles. The first kappa shape index (κ1) is 17.2. The third kappa shape index (κ3) is 6.89. The number of nitrogens with one attached hydrogen (secondary N) is 1. The number of aryl methyl sites for hydroxylation is 1. The van der Waals surface area contributed by atoms with Crippen LogP contribution in [0.1, 0.15) is 25.3 Å². The molecule has 0 fully saturated rings. The van der Waals surface area contributed by atoms with Crippen LogP contribution in [0, 0.1) is 0 Å². The quantitative estimate of drug-likeness (QED) is 0.757. The van der Waals surface area contributed by atoms with Gasteiger partial charge in [-0.1, -0.05) is 19.1 Å². The van der Waals surface area contributed by atoms with Gasteiger partial charge >= 0.3 is 5.97 Å². The smallest absolute Gasteiger partial charge is 0.303 e. The van der Waals surface area contributed by atoms with E-state index in [0.29, 0.717) is 18.5 Å². The van der Waals surface area contributed by atoms with Crippen molar-refractivity contribution < 1.29 is 23.1 Å². The summed E-state index contributed by atoms with van der Waals surface area (Å²) in [5, 5.41) is 11.1. The maximum atomic E-state index is 11.6. The molecule has 0 saturated heterocycles. The molecule has 1 rings (SSSR count). The molecule has 0 aliphatic rings. The number of aliphatic carboxylic acids is 1. The minimum atomic E-state index is -3.35. The number of carboxylic acids is 1. The fourth-order valence-corrected chi connectivity index (χ4v) is 3.02. The summed E-state index contributed by atoms with van der Waals surface area (Å²) in [5.41, 5.74) is 1.33. The standard InChI is InChI=1S/C14H19NO5S/c1-2-9-21(19,20)10-13(16)15-12-6-3-11(4-7-12)5-8-14(17)18/h3-4,6-7H,2,5,8-10H2,1H3,(H,15,16)(H,17,18). The van der Waals surface area contributed by atoms with Crippen LogP contribution in [0.5, 0.6) is 0 Å². The topological polar surface area (TPSA) is 101 Å². The lowest BCUT2D eigenvalue weighted by Crippen LogP contribution is -2.24. The molecule has 6 nitrogen and oxygen atoms in total. The monoisotopic (exact) mass is 313 g/mol. The Kier molecular flexibility index (Phi) is 6.36. The largest absolute Gasteiger partial charge is 0.481 e. The summed E-state index contributed by atoms with van der Waals surface area (Å²) in [6.07, 6.45) is 0.934. The summed E-state index contributed by atoms with van der Waals surface area (Å²) in [6.45, 7) is 1.74. The highest BCUT2D eigenvalue weighted by Gasteiger charge is 2.15. The van der Waals surface area contributed by atoms with Crippen LogP contribution in [0.4, 0.5) is 5.69 Å². The Bertz CT molecular complexity index is 592. The molecule has 0 aliphatic heterocycles. The van der Waals surface area contributed by atoms with Crippen molar-refractivity contribution in [1.29, 1.82) is 0 Å². The highest BCUT2D eigenvalue weighted by molar-refractivity contribution is 7.92. The molecule has 7 heteroatoms. The highest BCUT2D eigenvalue weighted by Crippen LogP contribution is 2.11. The molecule has 0 heterocycles. The predicted molar refractivity (Wildman–Crippen MR) is 80.0 cm³/mol. The number of benzene rings is 1. The van der Waals surface area contributed by atoms with Crippen molar-refractivity contribution in [2.75, 3.05) is 16.8 Å². The van der Waals surface area contributed by atoms with E-state index in [0.717, 1.165) is 5.56 Å². The maximum Gasteiger partial charge on any atom is 0.303 e. The summed E-state index contributed by atoms with van der Waals surface area (Å²) in [7, 11) is -3.35. The van der Waals surface area contributed by atoms with Crippen molar-refractivity contribution in [3.8, 4) is 0 Å². The molecule has 21 heavy (non-hydrogen) atoms. The van der Waals surface area contributed by atoms with E-state index in [1.54, 1.807) is 31.2 Å². The molecule has 0 unspecified atom stereocenters. The second kappa shape index (κ2) is 7.78. The number of anilines is 1. The van der Waals surface area contributed by atoms with E-state index < -0.39 is 27.5 Å². The number of carbonyl (C=O) groups excluding carboxylic acids is 1. The molecular weight excluding hydrogens is 294 g/mol. The molecule has 0 spiro atoms. The van der Waals surface area contributed by atoms with Crippen LogP contribution in [0.2, 0.25) is 0 Å². The van der Waals surface area contributed by atoms with Gasteiger partial charge in [-0.05, 0) is 30.5 Å². The Morgan fingerprint density at radius 2 is 1.81 bits per heavy atom. The Morgan fingerprint density at radius 3 is 2.33 bits per heavy atom. The third-order valence-electron chi connectivity index (χ3n) is 2.73. The van der Waals surface area contributed by atoms with Crippen molar-refractivity contribution in [1.82, 2.24) is 0 Å². The van der Waals surface area contributed by atoms with Gasteiger partial charge in [0.2, 0.25) is 5.91 Å². The minimum Gasteiger partial charge on any atom is -0.481 e. The van der Waals surface area contributed by atoms with Crippen LogP contribution >= 0.6 is 0 Å². The van der Waals surface area contributed by atoms with Gasteiger partial charge in [-0.15, -0.1) is 0 Å². The molecule has 0 saturated carbocycles. The lowest BCUT2D eigenvalue weighted by molar-refractivity contribution is -0.137. The van der Waals surface area contributed by atoms with Gasteiger partial charge in [-0.2, -0.15) is 0 Å². The Balaban J connectivity index is 2.55. The summed E-state index contributed by atoms with van der Waals surface area (Å²) < 4.78 is 23.0. The number of hydrogen-bond acceptors (Lipinski definition) is 4. The first-order valence-electron chi connectivity index (χ1n) is 6.63. The number of sulfone groups is 1. The van der Waals surface area contributed by atoms with Gasteiger partial charge in [0.15, 0.2) is 9.84 Å². The summed E-state index contributed by atoms with van der Waals surface area (Å²) in [5.74, 6) is -1.97. The van der Waals surface area contributed by atoms with Gasteiger partial charge in [0.1, 0.15) is 5.75 Å². The van der Waals surface area contributed by atoms with E-state index in [9.17, 15) is 18.0 Å². The molecule has 0 bridgehead atoms. The molecule has 116 valence electrons. The zero-order chi connectivity index (χ0) is 15.9. The van der Waals surface area contributed by atoms with Crippen molar-refractivity contribution in [3.05, 3.63) is 29.8 Å². The lowest BCUT2D eigenvalue weighted by atomic mass is 10.1. The highest BCUT2D eigenvalue weighted by atomic mass is 32.2. The minimum absolute atomic E-state index is 0.00541. The van der Waals surface area contributed by atoms with Crippen LogP contribution in [-0.2, 0) is 25.8 Å². The van der Waals surface area contributed by atoms with E-state index >= 15 is 0 Å². The molecule has 0 atom stereocenters. The number of rotatable bonds is 8. The van der Waals surface area contributed by atoms with Crippen LogP contribution in [-0.4, -0.2) is 36.9 Å². The van der Waals surface area contributed by atoms with Crippen LogP contribution in [0.3, 0.4) is 0 Å². The number of carboxylic acid groups (broad SMARTS) is 1. The average Bonchev–Trinajstić information content (AvgIpc) is 2.36. The first-order valence-corrected chi connectivity index (χ1v) is 8.45. The number of hydrogen-bond donors (Lipinski definition) is 2. The van der Waals surface area contributed by atoms with Crippen LogP contribution in [0.15, 0.2) is 24.3 Å². The average molecular weight is 313 g/mol. The summed E-state index contributed by atoms with van der Waals surface area (Å²) in [6, 6.07) is 6.67. The fraction of sp³-hybridized carbons (Fsp3) is 0.429. The van der Waals surface area contributed by atoms with Gasteiger partial charge in [0, 0.05) is 12.1 Å². The van der Waals surface area contributed by atoms with Gasteiger partial charge in [0.05, 0.1) is 5.75 Å². The van der Waals surface area contributed by atoms with Gasteiger partial charge in [-0.25, -0.2) is 8.42 Å². The second-order valence-corrected chi connectivity index (χ2v) is 6.91. The van der Waals surface area contributed by atoms with Crippen molar-refractivity contribution in [3.63, 3.8) is 0 Å². The summed E-state index contributed by atoms with van der Waals surface area (Å²) >= 11 is 0. The van der Waals surface area contributed by atoms with E-state index in [-0.39, 0.29) is 12.2 Å². The van der Waals surface area contributed by atoms with Crippen LogP contribution in [0.25, 0.3) is 0 Å². The number of carbonyl (C=O) groups is 2. The van der Waals surface area contributed by atoms with E-state index in [4.69, 9.17) is 5.11 Å². The normalized spacial score (nSPS) is 11.1. The number of amides is 1. The Morgan fingerprint density at radius 1 is 1.19 bits per heavy atom. The van der Waals surface area contributed by atoms with Crippen molar-refractivity contribution in [2.45, 2.75) is 26.2 Å². The predicted octanol–water partition coefficient (Wildman–Crippen LogP) is 1.47. The Labute approximate surface area is 124 Å². The zero-order valence-electron chi connectivity index (χ0n) is 11.8. The molecule has 1 aromatic carbocycles. The second-order valence-electron chi connectivity index (χ2n) is 4.73. The fourth-order valence-electron chi connectivity index (χ4n) is 1.79. The Hall–Kier alpha value is -1.89. The third-order valence-corrected chi connectivity index (χ3v) is 4.46. The van der Waals surface area contributed by atoms with Crippen molar-refractivity contribution >= 4 is 27.4 Å². The van der Waals surface area contributed by atoms with Crippen LogP contribution < -0.4 is 5.32 Å². The first-order chi connectivity index (χ1) is 9.82. The molecule has 1 amide bonds. The van der Waals surface area contributed by atoms with Gasteiger partial charge < -0.3 is 10.4 Å². The zero-order valence-corrected chi connectivity index (χ0v) is 12.6. The molecule has 0 aliphatic carbocycles. The van der Waals surface area contributed by atoms with E-state index in [2.05, 4.69) is 5.32 Å². The molecular formula is C14H19NO5S. The van der Waals surface area contributed by atoms with E-state index in [1.807, 2.05) is 0 Å². The summed E-state index contributed by atoms with van der Waals surface area (Å²) in [4.78, 5) is 22.1. The molecule has 1 aromatic rings. The maximum absolute atomic E-state index is 11.6. The van der Waals surface area contributed by atoms with Gasteiger partial charge in [-0.3, -0.25) is 9.59 Å². The van der Waals surface area contributed by atoms with Gasteiger partial charge in [0.25, 0.3) is 0 Å². The van der Waals surface area contributed by atoms with Crippen molar-refractivity contribution in [2.24, 2.45) is 0 Å².